The maximum atomic E-state index is 14.7. The molecule has 0 radical (unpaired) electrons. The van der Waals surface area contributed by atoms with Crippen LogP contribution >= 0.6 is 0 Å². The van der Waals surface area contributed by atoms with E-state index in [-0.39, 0.29) is 54.3 Å². The second-order valence-electron chi connectivity index (χ2n) is 14.3. The topological polar surface area (TPSA) is 161 Å². The van der Waals surface area contributed by atoms with Gasteiger partial charge in [0.25, 0.3) is 5.56 Å². The molecule has 2 aromatic rings. The van der Waals surface area contributed by atoms with E-state index in [1.165, 1.54) is 14.0 Å². The number of rotatable bonds is 7. The number of hydrogen-bond donors (Lipinski definition) is 4. The first-order chi connectivity index (χ1) is 23.4. The molecule has 4 rings (SSSR count). The van der Waals surface area contributed by atoms with Crippen molar-refractivity contribution >= 4 is 11.8 Å². The number of aliphatic hydroxyl groups is 2. The molecule has 3 heterocycles. The number of aromatic amines is 2. The number of nitrogens with zero attached hydrogens (tertiary/aromatic N) is 3. The van der Waals surface area contributed by atoms with Crippen molar-refractivity contribution in [1.29, 1.82) is 0 Å². The molecule has 4 N–H and O–H groups in total. The van der Waals surface area contributed by atoms with Gasteiger partial charge in [-0.1, -0.05) is 32.9 Å². The van der Waals surface area contributed by atoms with E-state index in [9.17, 15) is 24.6 Å². The van der Waals surface area contributed by atoms with Crippen molar-refractivity contribution in [2.45, 2.75) is 83.1 Å². The summed E-state index contributed by atoms with van der Waals surface area (Å²) in [5.74, 6) is 0.270. The summed E-state index contributed by atoms with van der Waals surface area (Å²) in [6.45, 7) is 10.5. The molecule has 13 heteroatoms. The fourth-order valence-corrected chi connectivity index (χ4v) is 7.38. The van der Waals surface area contributed by atoms with Crippen LogP contribution in [0.25, 0.3) is 0 Å². The maximum Gasteiger partial charge on any atom is 0.264 e. The van der Waals surface area contributed by atoms with Crippen molar-refractivity contribution in [2.24, 2.45) is 11.8 Å². The van der Waals surface area contributed by atoms with Crippen LogP contribution in [0.4, 0.5) is 0 Å². The first kappa shape index (κ1) is 38.6. The number of carbonyl (C=O) groups is 2. The lowest BCUT2D eigenvalue weighted by Gasteiger charge is -2.44. The minimum atomic E-state index is -1.26. The number of nitrogens with one attached hydrogen (secondary N) is 2. The minimum absolute atomic E-state index is 0.0227. The zero-order valence-electron chi connectivity index (χ0n) is 30.0. The Kier molecular flexibility index (Phi) is 13.9. The van der Waals surface area contributed by atoms with Gasteiger partial charge in [-0.25, -0.2) is 0 Å². The summed E-state index contributed by atoms with van der Waals surface area (Å²) >= 11 is 0. The quantitative estimate of drug-likeness (QED) is 0.343. The van der Waals surface area contributed by atoms with Gasteiger partial charge >= 0.3 is 0 Å². The van der Waals surface area contributed by atoms with E-state index in [0.717, 1.165) is 30.6 Å². The van der Waals surface area contributed by atoms with E-state index in [4.69, 9.17) is 14.2 Å². The molecule has 0 saturated carbocycles. The number of methoxy groups -OCH3 is 2. The van der Waals surface area contributed by atoms with Gasteiger partial charge in [-0.2, -0.15) is 0 Å². The summed E-state index contributed by atoms with van der Waals surface area (Å²) in [6.07, 6.45) is -0.239. The number of aromatic nitrogens is 2. The van der Waals surface area contributed by atoms with Crippen molar-refractivity contribution in [1.82, 2.24) is 24.9 Å². The Morgan fingerprint density at radius 2 is 1.86 bits per heavy atom. The first-order valence-corrected chi connectivity index (χ1v) is 17.5. The number of aliphatic hydroxyl groups excluding tert-OH is 2. The Morgan fingerprint density at radius 1 is 1.08 bits per heavy atom. The molecule has 49 heavy (non-hydrogen) atoms. The van der Waals surface area contributed by atoms with Gasteiger partial charge in [-0.05, 0) is 55.8 Å². The number of likely N-dealkylation sites (tertiary alicyclic amines) is 1. The Labute approximate surface area is 289 Å². The first-order valence-electron chi connectivity index (χ1n) is 17.5. The van der Waals surface area contributed by atoms with E-state index in [1.807, 2.05) is 29.2 Å². The van der Waals surface area contributed by atoms with Crippen LogP contribution in [0.15, 0.2) is 35.1 Å². The van der Waals surface area contributed by atoms with Gasteiger partial charge in [0.15, 0.2) is 0 Å². The van der Waals surface area contributed by atoms with Crippen LogP contribution in [-0.4, -0.2) is 132 Å². The Bertz CT molecular complexity index is 1410. The van der Waals surface area contributed by atoms with Crippen LogP contribution in [0.2, 0.25) is 0 Å². The highest BCUT2D eigenvalue weighted by atomic mass is 16.5. The third kappa shape index (κ3) is 9.94. The van der Waals surface area contributed by atoms with Crippen LogP contribution in [0.5, 0.6) is 5.75 Å². The number of hydrogen-bond acceptors (Lipinski definition) is 9. The summed E-state index contributed by atoms with van der Waals surface area (Å²) in [7, 11) is 3.07. The summed E-state index contributed by atoms with van der Waals surface area (Å²) in [6, 6.07) is 8.97. The molecular weight excluding hydrogens is 630 g/mol. The molecule has 1 aromatic heterocycles. The molecule has 0 aliphatic carbocycles. The SMILES string of the molecule is COc1cccc([C@@H]2[C@@H](C(C)C)CN(C(C)=O)C[C@H](OC)[C@@H](O)[C@@H](O)COCCCCN2C(=O)CN2CCCC(C)(c3cc(=O)[nH][nH]3)C2)c1. The Morgan fingerprint density at radius 3 is 2.51 bits per heavy atom. The zero-order valence-corrected chi connectivity index (χ0v) is 30.0. The average molecular weight is 688 g/mol. The molecule has 6 atom stereocenters. The van der Waals surface area contributed by atoms with Crippen molar-refractivity contribution in [3.63, 3.8) is 0 Å². The van der Waals surface area contributed by atoms with Gasteiger partial charge in [-0.3, -0.25) is 24.4 Å². The highest BCUT2D eigenvalue weighted by Gasteiger charge is 2.40. The second kappa shape index (κ2) is 17.6. The molecule has 1 unspecified atom stereocenters. The molecular formula is C36H57N5O8. The molecule has 2 saturated heterocycles. The monoisotopic (exact) mass is 687 g/mol. The number of piperidine rings is 1. The molecule has 2 fully saturated rings. The molecule has 274 valence electrons. The van der Waals surface area contributed by atoms with Crippen molar-refractivity contribution < 1.29 is 34.0 Å². The molecule has 0 spiro atoms. The van der Waals surface area contributed by atoms with Crippen molar-refractivity contribution in [3.8, 4) is 5.75 Å². The van der Waals surface area contributed by atoms with Crippen LogP contribution in [-0.2, 0) is 24.5 Å². The fraction of sp³-hybridized carbons (Fsp3) is 0.694. The van der Waals surface area contributed by atoms with Gasteiger partial charge in [-0.15, -0.1) is 0 Å². The maximum absolute atomic E-state index is 14.7. The van der Waals surface area contributed by atoms with Crippen LogP contribution in [0.1, 0.15) is 70.7 Å². The van der Waals surface area contributed by atoms with E-state index < -0.39 is 24.4 Å². The standard InChI is InChI=1S/C36H57N5O8/c1-24(2)28-19-40(25(3)42)20-30(48-6)35(46)29(43)22-49-16-8-7-15-41(34(28)26-11-9-12-27(17-26)47-5)33(45)21-39-14-10-13-36(4,23-39)31-18-32(44)38-37-31/h9,11-12,17-18,24,28-30,34-35,43,46H,7-8,10,13-16,19-23H2,1-6H3,(H2,37,38,44)/t28-,29+,30+,34-,35+,36?/m1/s1. The molecule has 2 aliphatic rings. The number of carbonyl (C=O) groups excluding carboxylic acids is 2. The van der Waals surface area contributed by atoms with E-state index in [1.54, 1.807) is 18.1 Å². The summed E-state index contributed by atoms with van der Waals surface area (Å²) in [4.78, 5) is 45.7. The zero-order chi connectivity index (χ0) is 35.7. The van der Waals surface area contributed by atoms with E-state index in [0.29, 0.717) is 44.8 Å². The molecule has 2 amide bonds. The predicted molar refractivity (Wildman–Crippen MR) is 185 cm³/mol. The van der Waals surface area contributed by atoms with Gasteiger partial charge in [0.1, 0.15) is 24.1 Å². The van der Waals surface area contributed by atoms with Gasteiger partial charge < -0.3 is 39.3 Å². The highest BCUT2D eigenvalue weighted by molar-refractivity contribution is 5.79. The van der Waals surface area contributed by atoms with Crippen LogP contribution in [0, 0.1) is 11.8 Å². The summed E-state index contributed by atoms with van der Waals surface area (Å²) in [5, 5.41) is 27.3. The lowest BCUT2D eigenvalue weighted by molar-refractivity contribution is -0.140. The van der Waals surface area contributed by atoms with Gasteiger partial charge in [0, 0.05) is 69.9 Å². The van der Waals surface area contributed by atoms with Gasteiger partial charge in [0.05, 0.1) is 26.3 Å². The Balaban J connectivity index is 1.74. The van der Waals surface area contributed by atoms with E-state index in [2.05, 4.69) is 35.9 Å². The molecule has 1 aromatic carbocycles. The third-order valence-corrected chi connectivity index (χ3v) is 10.3. The summed E-state index contributed by atoms with van der Waals surface area (Å²) < 4.78 is 17.0. The Hall–Kier alpha value is -3.23. The minimum Gasteiger partial charge on any atom is -0.497 e. The fourth-order valence-electron chi connectivity index (χ4n) is 7.38. The van der Waals surface area contributed by atoms with E-state index >= 15 is 0 Å². The van der Waals surface area contributed by atoms with Crippen LogP contribution in [0.3, 0.4) is 0 Å². The van der Waals surface area contributed by atoms with Crippen molar-refractivity contribution in [3.05, 3.63) is 51.9 Å². The van der Waals surface area contributed by atoms with Gasteiger partial charge in [0.2, 0.25) is 11.8 Å². The summed E-state index contributed by atoms with van der Waals surface area (Å²) in [5.41, 5.74) is 1.26. The highest BCUT2D eigenvalue weighted by Crippen LogP contribution is 2.37. The predicted octanol–water partition coefficient (Wildman–Crippen LogP) is 2.30. The lowest BCUT2D eigenvalue weighted by atomic mass is 9.79. The molecule has 13 nitrogen and oxygen atoms in total. The lowest BCUT2D eigenvalue weighted by Crippen LogP contribution is -2.52. The second-order valence-corrected chi connectivity index (χ2v) is 14.3. The largest absolute Gasteiger partial charge is 0.497 e. The average Bonchev–Trinajstić information content (AvgIpc) is 3.52. The number of ether oxygens (including phenoxy) is 3. The smallest absolute Gasteiger partial charge is 0.264 e. The molecule has 2 aliphatic heterocycles. The number of benzene rings is 1. The number of amides is 2. The number of H-pyrrole nitrogens is 2. The van der Waals surface area contributed by atoms with Crippen molar-refractivity contribution in [2.75, 3.05) is 66.7 Å². The normalized spacial score (nSPS) is 28.6. The third-order valence-electron chi connectivity index (χ3n) is 10.3. The van der Waals surface area contributed by atoms with Crippen LogP contribution < -0.4 is 10.3 Å². The molecule has 0 bridgehead atoms.